The Morgan fingerprint density at radius 2 is 1.77 bits per heavy atom. The third kappa shape index (κ3) is 2.90. The Morgan fingerprint density at radius 1 is 1.00 bits per heavy atom. The molecule has 2 aromatic carbocycles. The van der Waals surface area contributed by atoms with Crippen molar-refractivity contribution < 1.29 is 9.21 Å². The van der Waals surface area contributed by atoms with E-state index in [0.29, 0.717) is 23.1 Å². The predicted octanol–water partition coefficient (Wildman–Crippen LogP) is 4.55. The number of pyridine rings is 1. The van der Waals surface area contributed by atoms with Crippen molar-refractivity contribution in [3.8, 4) is 0 Å². The van der Waals surface area contributed by atoms with Crippen LogP contribution in [0.5, 0.6) is 0 Å². The summed E-state index contributed by atoms with van der Waals surface area (Å²) in [4.78, 5) is 32.8. The number of aryl methyl sites for hydroxylation is 2. The van der Waals surface area contributed by atoms with Crippen LogP contribution in [-0.4, -0.2) is 15.8 Å². The van der Waals surface area contributed by atoms with E-state index in [1.54, 1.807) is 23.4 Å². The molecule has 5 rings (SSSR count). The lowest BCUT2D eigenvalue weighted by Crippen LogP contribution is -2.29. The summed E-state index contributed by atoms with van der Waals surface area (Å²) in [6.45, 7) is 4.28. The monoisotopic (exact) mass is 396 g/mol. The average molecular weight is 396 g/mol. The Labute approximate surface area is 173 Å². The van der Waals surface area contributed by atoms with Crippen LogP contribution >= 0.6 is 0 Å². The van der Waals surface area contributed by atoms with Crippen LogP contribution in [0.25, 0.3) is 11.0 Å². The molecule has 0 N–H and O–H groups in total. The predicted molar refractivity (Wildman–Crippen MR) is 114 cm³/mol. The van der Waals surface area contributed by atoms with Crippen LogP contribution in [0, 0.1) is 13.8 Å². The Balaban J connectivity index is 1.74. The number of benzene rings is 2. The van der Waals surface area contributed by atoms with E-state index in [0.717, 1.165) is 22.3 Å². The van der Waals surface area contributed by atoms with E-state index in [9.17, 15) is 9.59 Å². The maximum absolute atomic E-state index is 13.5. The first-order valence-corrected chi connectivity index (χ1v) is 9.87. The summed E-state index contributed by atoms with van der Waals surface area (Å²) in [6.07, 6.45) is 3.43. The first-order chi connectivity index (χ1) is 14.5. The van der Waals surface area contributed by atoms with Crippen molar-refractivity contribution in [2.75, 3.05) is 0 Å². The highest BCUT2D eigenvalue weighted by Crippen LogP contribution is 2.39. The summed E-state index contributed by atoms with van der Waals surface area (Å²) in [5, 5.41) is 0.502. The van der Waals surface area contributed by atoms with E-state index >= 15 is 0 Å². The van der Waals surface area contributed by atoms with Crippen molar-refractivity contribution in [2.24, 2.45) is 0 Å². The molecule has 148 valence electrons. The van der Waals surface area contributed by atoms with Gasteiger partial charge in [-0.05, 0) is 43.2 Å². The second kappa shape index (κ2) is 6.95. The minimum Gasteiger partial charge on any atom is -0.450 e. The lowest BCUT2D eigenvalue weighted by Gasteiger charge is -2.25. The van der Waals surface area contributed by atoms with Gasteiger partial charge in [-0.25, -0.2) is 0 Å². The van der Waals surface area contributed by atoms with Gasteiger partial charge >= 0.3 is 0 Å². The van der Waals surface area contributed by atoms with Crippen LogP contribution in [0.4, 0.5) is 0 Å². The molecular weight excluding hydrogens is 376 g/mol. The lowest BCUT2D eigenvalue weighted by molar-refractivity contribution is 0.0714. The number of hydrogen-bond acceptors (Lipinski definition) is 4. The van der Waals surface area contributed by atoms with Gasteiger partial charge in [0, 0.05) is 18.9 Å². The standard InChI is InChI=1S/C25H20N2O3/c1-15-5-8-18(9-6-15)22-21-23(28)19-12-16(2)7-10-20(19)30-24(21)25(29)27(22)14-17-4-3-11-26-13-17/h3-13,22H,14H2,1-2H3. The topological polar surface area (TPSA) is 63.4 Å². The highest BCUT2D eigenvalue weighted by atomic mass is 16.3. The molecule has 0 radical (unpaired) electrons. The van der Waals surface area contributed by atoms with Crippen molar-refractivity contribution in [1.29, 1.82) is 0 Å². The highest BCUT2D eigenvalue weighted by Gasteiger charge is 2.42. The van der Waals surface area contributed by atoms with Crippen LogP contribution in [0.2, 0.25) is 0 Å². The fraction of sp³-hybridized carbons (Fsp3) is 0.160. The summed E-state index contributed by atoms with van der Waals surface area (Å²) in [6, 6.07) is 16.6. The third-order valence-corrected chi connectivity index (χ3v) is 5.59. The molecule has 5 nitrogen and oxygen atoms in total. The number of carbonyl (C=O) groups excluding carboxylic acids is 1. The largest absolute Gasteiger partial charge is 0.450 e. The van der Waals surface area contributed by atoms with E-state index in [2.05, 4.69) is 4.98 Å². The first-order valence-electron chi connectivity index (χ1n) is 9.87. The van der Waals surface area contributed by atoms with Crippen LogP contribution < -0.4 is 5.43 Å². The van der Waals surface area contributed by atoms with Gasteiger partial charge in [0.05, 0.1) is 17.0 Å². The van der Waals surface area contributed by atoms with E-state index in [4.69, 9.17) is 4.42 Å². The zero-order valence-corrected chi connectivity index (χ0v) is 16.8. The molecule has 3 heterocycles. The van der Waals surface area contributed by atoms with Crippen molar-refractivity contribution in [3.05, 3.63) is 111 Å². The molecule has 5 heteroatoms. The minimum absolute atomic E-state index is 0.130. The number of carbonyl (C=O) groups is 1. The quantitative estimate of drug-likeness (QED) is 0.510. The molecule has 0 fully saturated rings. The Bertz CT molecular complexity index is 1320. The maximum atomic E-state index is 13.5. The van der Waals surface area contributed by atoms with Gasteiger partial charge < -0.3 is 9.32 Å². The fourth-order valence-electron chi connectivity index (χ4n) is 4.08. The summed E-state index contributed by atoms with van der Waals surface area (Å²) in [7, 11) is 0. The van der Waals surface area contributed by atoms with Crippen LogP contribution in [0.15, 0.2) is 76.2 Å². The Kier molecular flexibility index (Phi) is 4.24. The van der Waals surface area contributed by atoms with Crippen molar-refractivity contribution in [1.82, 2.24) is 9.88 Å². The van der Waals surface area contributed by atoms with E-state index in [-0.39, 0.29) is 17.1 Å². The summed E-state index contributed by atoms with van der Waals surface area (Å²) in [5.41, 5.74) is 4.55. The molecule has 4 aromatic rings. The molecule has 1 aliphatic rings. The number of amides is 1. The summed E-state index contributed by atoms with van der Waals surface area (Å²) >= 11 is 0. The Hall–Kier alpha value is -3.73. The number of hydrogen-bond donors (Lipinski definition) is 0. The van der Waals surface area contributed by atoms with Gasteiger partial charge in [-0.1, -0.05) is 47.5 Å². The molecule has 0 spiro atoms. The third-order valence-electron chi connectivity index (χ3n) is 5.59. The van der Waals surface area contributed by atoms with Gasteiger partial charge in [0.25, 0.3) is 5.91 Å². The molecular formula is C25H20N2O3. The molecule has 1 atom stereocenters. The zero-order valence-electron chi connectivity index (χ0n) is 16.8. The van der Waals surface area contributed by atoms with Crippen molar-refractivity contribution >= 4 is 16.9 Å². The summed E-state index contributed by atoms with van der Waals surface area (Å²) < 4.78 is 5.99. The van der Waals surface area contributed by atoms with E-state index in [1.165, 1.54) is 0 Å². The second-order valence-corrected chi connectivity index (χ2v) is 7.78. The van der Waals surface area contributed by atoms with E-state index in [1.807, 2.05) is 62.4 Å². The Morgan fingerprint density at radius 3 is 2.50 bits per heavy atom. The van der Waals surface area contributed by atoms with Crippen molar-refractivity contribution in [2.45, 2.75) is 26.4 Å². The van der Waals surface area contributed by atoms with Gasteiger partial charge in [0.2, 0.25) is 5.76 Å². The first kappa shape index (κ1) is 18.3. The van der Waals surface area contributed by atoms with Gasteiger partial charge in [0.1, 0.15) is 5.58 Å². The molecule has 0 saturated heterocycles. The normalized spacial score (nSPS) is 15.6. The number of fused-ring (bicyclic) bond motifs is 2. The number of aromatic nitrogens is 1. The average Bonchev–Trinajstić information content (AvgIpc) is 3.02. The zero-order chi connectivity index (χ0) is 20.8. The van der Waals surface area contributed by atoms with Crippen LogP contribution in [0.1, 0.15) is 44.4 Å². The molecule has 1 unspecified atom stereocenters. The molecule has 30 heavy (non-hydrogen) atoms. The van der Waals surface area contributed by atoms with Crippen LogP contribution in [-0.2, 0) is 6.54 Å². The second-order valence-electron chi connectivity index (χ2n) is 7.78. The van der Waals surface area contributed by atoms with Gasteiger partial charge in [-0.15, -0.1) is 0 Å². The molecule has 1 amide bonds. The molecule has 0 saturated carbocycles. The van der Waals surface area contributed by atoms with Gasteiger partial charge in [-0.3, -0.25) is 14.6 Å². The highest BCUT2D eigenvalue weighted by molar-refractivity contribution is 5.99. The minimum atomic E-state index is -0.505. The lowest BCUT2D eigenvalue weighted by atomic mass is 9.97. The van der Waals surface area contributed by atoms with Gasteiger partial charge in [0.15, 0.2) is 5.43 Å². The maximum Gasteiger partial charge on any atom is 0.291 e. The number of rotatable bonds is 3. The van der Waals surface area contributed by atoms with Gasteiger partial charge in [-0.2, -0.15) is 0 Å². The summed E-state index contributed by atoms with van der Waals surface area (Å²) in [5.74, 6) is -0.148. The molecule has 0 aliphatic carbocycles. The molecule has 1 aliphatic heterocycles. The van der Waals surface area contributed by atoms with E-state index < -0.39 is 6.04 Å². The smallest absolute Gasteiger partial charge is 0.291 e. The fourth-order valence-corrected chi connectivity index (χ4v) is 4.08. The van der Waals surface area contributed by atoms with Crippen LogP contribution in [0.3, 0.4) is 0 Å². The van der Waals surface area contributed by atoms with Crippen molar-refractivity contribution in [3.63, 3.8) is 0 Å². The molecule has 2 aromatic heterocycles. The SMILES string of the molecule is Cc1ccc(C2c3c(oc4ccc(C)cc4c3=O)C(=O)N2Cc2cccnc2)cc1. The number of nitrogens with zero attached hydrogens (tertiary/aromatic N) is 2. The molecule has 0 bridgehead atoms.